The first-order valence-electron chi connectivity index (χ1n) is 6.42. The van der Waals surface area contributed by atoms with E-state index < -0.39 is 18.0 Å². The van der Waals surface area contributed by atoms with E-state index in [0.717, 1.165) is 28.9 Å². The smallest absolute Gasteiger partial charge is 0.507 e. The zero-order chi connectivity index (χ0) is 17.7. The van der Waals surface area contributed by atoms with Crippen LogP contribution >= 0.6 is 15.9 Å². The van der Waals surface area contributed by atoms with Crippen molar-refractivity contribution in [2.24, 2.45) is 5.10 Å². The summed E-state index contributed by atoms with van der Waals surface area (Å²) in [5.41, 5.74) is 2.50. The lowest BCUT2D eigenvalue weighted by Crippen LogP contribution is -2.18. The van der Waals surface area contributed by atoms with E-state index in [1.165, 1.54) is 0 Å². The van der Waals surface area contributed by atoms with E-state index in [-0.39, 0.29) is 11.3 Å². The number of aromatic hydroxyl groups is 1. The van der Waals surface area contributed by atoms with Crippen molar-refractivity contribution in [1.29, 1.82) is 0 Å². The number of phenols is 1. The van der Waals surface area contributed by atoms with E-state index in [4.69, 9.17) is 0 Å². The molecule has 1 amide bonds. The highest BCUT2D eigenvalue weighted by molar-refractivity contribution is 9.10. The lowest BCUT2D eigenvalue weighted by atomic mass is 10.2. The standard InChI is InChI=1S/C15H10BrF3N2O3/c16-11-3-1-9(2-4-11)14(23)21-20-8-10-7-12(5-6-13(10)22)24-15(17,18)19/h1-8,22H,(H,21,23)/b20-8+. The highest BCUT2D eigenvalue weighted by Gasteiger charge is 2.31. The van der Waals surface area contributed by atoms with E-state index in [0.29, 0.717) is 5.56 Å². The fraction of sp³-hybridized carbons (Fsp3) is 0.0667. The molecule has 0 spiro atoms. The molecule has 2 aromatic carbocycles. The van der Waals surface area contributed by atoms with Crippen LogP contribution in [0.2, 0.25) is 0 Å². The summed E-state index contributed by atoms with van der Waals surface area (Å²) in [5.74, 6) is -1.34. The Morgan fingerprint density at radius 2 is 1.88 bits per heavy atom. The third-order valence-corrected chi connectivity index (χ3v) is 3.24. The van der Waals surface area contributed by atoms with E-state index in [2.05, 4.69) is 31.2 Å². The number of ether oxygens (including phenoxy) is 1. The van der Waals surface area contributed by atoms with Gasteiger partial charge in [0.25, 0.3) is 5.91 Å². The third kappa shape index (κ3) is 5.27. The number of amides is 1. The second-order valence-electron chi connectivity index (χ2n) is 4.47. The molecule has 0 bridgehead atoms. The minimum absolute atomic E-state index is 0.0483. The maximum absolute atomic E-state index is 12.2. The summed E-state index contributed by atoms with van der Waals surface area (Å²) in [5, 5.41) is 13.2. The number of benzene rings is 2. The fourth-order valence-corrected chi connectivity index (χ4v) is 1.92. The Balaban J connectivity index is 2.07. The van der Waals surface area contributed by atoms with Crippen LogP contribution in [0.5, 0.6) is 11.5 Å². The predicted octanol–water partition coefficient (Wildman–Crippen LogP) is 3.82. The highest BCUT2D eigenvalue weighted by Crippen LogP contribution is 2.26. The first-order valence-corrected chi connectivity index (χ1v) is 7.21. The Morgan fingerprint density at radius 1 is 1.21 bits per heavy atom. The van der Waals surface area contributed by atoms with Crippen molar-refractivity contribution >= 4 is 28.1 Å². The van der Waals surface area contributed by atoms with Crippen molar-refractivity contribution in [2.45, 2.75) is 6.36 Å². The van der Waals surface area contributed by atoms with Gasteiger partial charge in [-0.25, -0.2) is 5.43 Å². The largest absolute Gasteiger partial charge is 0.573 e. The van der Waals surface area contributed by atoms with E-state index >= 15 is 0 Å². The summed E-state index contributed by atoms with van der Waals surface area (Å²) < 4.78 is 41.0. The molecular weight excluding hydrogens is 393 g/mol. The Labute approximate surface area is 142 Å². The van der Waals surface area contributed by atoms with Gasteiger partial charge >= 0.3 is 6.36 Å². The normalized spacial score (nSPS) is 11.5. The molecule has 0 atom stereocenters. The Hall–Kier alpha value is -2.55. The van der Waals surface area contributed by atoms with Gasteiger partial charge < -0.3 is 9.84 Å². The van der Waals surface area contributed by atoms with E-state index in [1.54, 1.807) is 24.3 Å². The van der Waals surface area contributed by atoms with Gasteiger partial charge in [-0.05, 0) is 42.5 Å². The molecule has 2 aromatic rings. The molecule has 126 valence electrons. The van der Waals surface area contributed by atoms with Crippen LogP contribution in [-0.4, -0.2) is 23.6 Å². The summed E-state index contributed by atoms with van der Waals surface area (Å²) in [6.07, 6.45) is -3.84. The van der Waals surface area contributed by atoms with Crippen LogP contribution in [0.3, 0.4) is 0 Å². The monoisotopic (exact) mass is 402 g/mol. The quantitative estimate of drug-likeness (QED) is 0.603. The third-order valence-electron chi connectivity index (χ3n) is 2.71. The van der Waals surface area contributed by atoms with Crippen molar-refractivity contribution in [3.05, 3.63) is 58.1 Å². The zero-order valence-corrected chi connectivity index (χ0v) is 13.4. The summed E-state index contributed by atoms with van der Waals surface area (Å²) in [4.78, 5) is 11.8. The molecule has 0 aliphatic heterocycles. The van der Waals surface area contributed by atoms with Crippen molar-refractivity contribution in [1.82, 2.24) is 5.43 Å². The fourth-order valence-electron chi connectivity index (χ4n) is 1.66. The number of alkyl halides is 3. The number of rotatable bonds is 4. The van der Waals surface area contributed by atoms with E-state index in [9.17, 15) is 23.1 Å². The van der Waals surface area contributed by atoms with Crippen molar-refractivity contribution < 1.29 is 27.8 Å². The Kier molecular flexibility index (Phi) is 5.45. The second-order valence-corrected chi connectivity index (χ2v) is 5.39. The average Bonchev–Trinajstić information content (AvgIpc) is 2.49. The Morgan fingerprint density at radius 3 is 2.50 bits per heavy atom. The van der Waals surface area contributed by atoms with Gasteiger partial charge in [0, 0.05) is 15.6 Å². The van der Waals surface area contributed by atoms with Crippen LogP contribution in [0.1, 0.15) is 15.9 Å². The molecule has 0 aromatic heterocycles. The Bertz CT molecular complexity index is 762. The number of carbonyl (C=O) groups excluding carboxylic acids is 1. The molecule has 0 aliphatic rings. The first-order chi connectivity index (χ1) is 11.2. The lowest BCUT2D eigenvalue weighted by Gasteiger charge is -2.09. The molecule has 0 unspecified atom stereocenters. The lowest BCUT2D eigenvalue weighted by molar-refractivity contribution is -0.274. The van der Waals surface area contributed by atoms with Crippen LogP contribution in [-0.2, 0) is 0 Å². The van der Waals surface area contributed by atoms with Gasteiger partial charge in [-0.2, -0.15) is 5.10 Å². The van der Waals surface area contributed by atoms with Gasteiger partial charge in [0.1, 0.15) is 11.5 Å². The molecule has 0 aliphatic carbocycles. The number of halogens is 4. The van der Waals surface area contributed by atoms with Crippen LogP contribution in [0.25, 0.3) is 0 Å². The van der Waals surface area contributed by atoms with Crippen molar-refractivity contribution in [2.75, 3.05) is 0 Å². The summed E-state index contributed by atoms with van der Waals surface area (Å²) in [6, 6.07) is 9.39. The molecule has 0 fully saturated rings. The minimum atomic E-state index is -4.85. The number of carbonyl (C=O) groups is 1. The molecule has 0 saturated heterocycles. The number of hydrogen-bond acceptors (Lipinski definition) is 4. The molecule has 0 heterocycles. The average molecular weight is 403 g/mol. The second kappa shape index (κ2) is 7.35. The van der Waals surface area contributed by atoms with E-state index in [1.807, 2.05) is 0 Å². The number of nitrogens with one attached hydrogen (secondary N) is 1. The minimum Gasteiger partial charge on any atom is -0.507 e. The van der Waals surface area contributed by atoms with Crippen molar-refractivity contribution in [3.8, 4) is 11.5 Å². The van der Waals surface area contributed by atoms with Gasteiger partial charge in [0.2, 0.25) is 0 Å². The predicted molar refractivity (Wildman–Crippen MR) is 84.0 cm³/mol. The van der Waals surface area contributed by atoms with Crippen LogP contribution in [0.15, 0.2) is 52.0 Å². The van der Waals surface area contributed by atoms with Crippen LogP contribution < -0.4 is 10.2 Å². The highest BCUT2D eigenvalue weighted by atomic mass is 79.9. The molecule has 5 nitrogen and oxygen atoms in total. The molecule has 24 heavy (non-hydrogen) atoms. The van der Waals surface area contributed by atoms with Crippen molar-refractivity contribution in [3.63, 3.8) is 0 Å². The van der Waals surface area contributed by atoms with Gasteiger partial charge in [-0.15, -0.1) is 13.2 Å². The van der Waals surface area contributed by atoms with Gasteiger partial charge in [-0.1, -0.05) is 15.9 Å². The molecule has 9 heteroatoms. The zero-order valence-electron chi connectivity index (χ0n) is 11.8. The SMILES string of the molecule is O=C(N/N=C/c1cc(OC(F)(F)F)ccc1O)c1ccc(Br)cc1. The topological polar surface area (TPSA) is 70.9 Å². The van der Waals surface area contributed by atoms with Gasteiger partial charge in [0.15, 0.2) is 0 Å². The van der Waals surface area contributed by atoms with Gasteiger partial charge in [0.05, 0.1) is 6.21 Å². The summed E-state index contributed by atoms with van der Waals surface area (Å²) in [6.45, 7) is 0. The molecular formula is C15H10BrF3N2O3. The summed E-state index contributed by atoms with van der Waals surface area (Å²) >= 11 is 3.23. The summed E-state index contributed by atoms with van der Waals surface area (Å²) in [7, 11) is 0. The van der Waals surface area contributed by atoms with Crippen LogP contribution in [0.4, 0.5) is 13.2 Å². The molecule has 0 saturated carbocycles. The maximum Gasteiger partial charge on any atom is 0.573 e. The number of phenolic OH excluding ortho intramolecular Hbond substituents is 1. The molecule has 2 rings (SSSR count). The number of hydrogen-bond donors (Lipinski definition) is 2. The number of nitrogens with zero attached hydrogens (tertiary/aromatic N) is 1. The number of hydrazone groups is 1. The maximum atomic E-state index is 12.2. The first kappa shape index (κ1) is 17.8. The van der Waals surface area contributed by atoms with Gasteiger partial charge in [-0.3, -0.25) is 4.79 Å². The van der Waals surface area contributed by atoms with Crippen LogP contribution in [0, 0.1) is 0 Å². The molecule has 0 radical (unpaired) electrons. The molecule has 2 N–H and O–H groups in total.